The van der Waals surface area contributed by atoms with Crippen LogP contribution in [-0.4, -0.2) is 90.3 Å². The van der Waals surface area contributed by atoms with E-state index in [1.54, 1.807) is 35.5 Å². The van der Waals surface area contributed by atoms with E-state index < -0.39 is 22.6 Å². The standard InChI is InChI=1S/C28H30N6O8S/c1-43(40,41)25-24(17-10-18-5-6-19(11-17)33(18)23(36)14-35)32-27-21(13-31-34(27)26(25)29)16-4-9-22(30-12-16)15-2-7-20(8-3-15)42-28(37,38)39/h2-4,7-9,12-13,17-19,35,37-39H,5-6,10-11,14,29H2,1H3. The van der Waals surface area contributed by atoms with E-state index >= 15 is 0 Å². The molecule has 0 aliphatic carbocycles. The van der Waals surface area contributed by atoms with Crippen LogP contribution in [0.1, 0.15) is 37.3 Å². The molecule has 2 fully saturated rings. The second-order valence-electron chi connectivity index (χ2n) is 10.9. The normalized spacial score (nSPS) is 20.5. The van der Waals surface area contributed by atoms with Gasteiger partial charge in [-0.2, -0.15) is 9.61 Å². The first-order valence-electron chi connectivity index (χ1n) is 13.6. The molecule has 2 atom stereocenters. The number of amides is 1. The van der Waals surface area contributed by atoms with Gasteiger partial charge in [0, 0.05) is 47.1 Å². The molecule has 0 spiro atoms. The highest BCUT2D eigenvalue weighted by Gasteiger charge is 2.45. The van der Waals surface area contributed by atoms with Crippen LogP contribution in [0.4, 0.5) is 5.82 Å². The summed E-state index contributed by atoms with van der Waals surface area (Å²) in [6, 6.07) is 9.49. The lowest BCUT2D eigenvalue weighted by atomic mass is 9.87. The van der Waals surface area contributed by atoms with Gasteiger partial charge in [0.05, 0.1) is 17.6 Å². The molecule has 2 saturated heterocycles. The van der Waals surface area contributed by atoms with Crippen molar-refractivity contribution in [1.29, 1.82) is 0 Å². The van der Waals surface area contributed by atoms with Crippen molar-refractivity contribution in [3.8, 4) is 28.1 Å². The van der Waals surface area contributed by atoms with Crippen molar-refractivity contribution in [2.75, 3.05) is 18.6 Å². The van der Waals surface area contributed by atoms with Gasteiger partial charge in [-0.3, -0.25) is 9.78 Å². The highest BCUT2D eigenvalue weighted by Crippen LogP contribution is 2.45. The number of nitrogens with two attached hydrogens (primary N) is 1. The molecular formula is C28H30N6O8S. The number of nitrogens with zero attached hydrogens (tertiary/aromatic N) is 5. The maximum absolute atomic E-state index is 13.0. The van der Waals surface area contributed by atoms with Crippen LogP contribution in [0, 0.1) is 0 Å². The molecule has 1 amide bonds. The lowest BCUT2D eigenvalue weighted by Crippen LogP contribution is -2.47. The van der Waals surface area contributed by atoms with Gasteiger partial charge in [-0.1, -0.05) is 6.07 Å². The number of hydrogen-bond donors (Lipinski definition) is 5. The Kier molecular flexibility index (Phi) is 7.09. The summed E-state index contributed by atoms with van der Waals surface area (Å²) in [7, 11) is -3.79. The lowest BCUT2D eigenvalue weighted by Gasteiger charge is -2.39. The highest BCUT2D eigenvalue weighted by molar-refractivity contribution is 7.91. The number of fused-ring (bicyclic) bond motifs is 3. The van der Waals surface area contributed by atoms with E-state index in [-0.39, 0.29) is 40.4 Å². The van der Waals surface area contributed by atoms with Crippen molar-refractivity contribution in [2.45, 2.75) is 54.7 Å². The molecule has 3 aromatic heterocycles. The van der Waals surface area contributed by atoms with E-state index in [1.165, 1.54) is 16.6 Å². The fraction of sp³-hybridized carbons (Fsp3) is 0.357. The Morgan fingerprint density at radius 2 is 1.70 bits per heavy atom. The molecule has 15 heteroatoms. The van der Waals surface area contributed by atoms with Crippen LogP contribution in [0.25, 0.3) is 28.0 Å². The molecule has 4 aromatic rings. The zero-order valence-electron chi connectivity index (χ0n) is 23.0. The topological polar surface area (TPSA) is 214 Å². The average Bonchev–Trinajstić information content (AvgIpc) is 3.49. The van der Waals surface area contributed by atoms with Crippen LogP contribution in [0.2, 0.25) is 0 Å². The summed E-state index contributed by atoms with van der Waals surface area (Å²) in [5, 5.41) is 40.7. The van der Waals surface area contributed by atoms with E-state index in [9.17, 15) is 18.3 Å². The Hall–Kier alpha value is -4.15. The quantitative estimate of drug-likeness (QED) is 0.182. The summed E-state index contributed by atoms with van der Waals surface area (Å²) in [6.07, 6.45) is 3.54. The van der Waals surface area contributed by atoms with Crippen molar-refractivity contribution in [1.82, 2.24) is 24.5 Å². The van der Waals surface area contributed by atoms with Gasteiger partial charge < -0.3 is 35.8 Å². The molecule has 43 heavy (non-hydrogen) atoms. The fourth-order valence-electron chi connectivity index (χ4n) is 6.34. The minimum atomic E-state index is -3.79. The zero-order chi connectivity index (χ0) is 30.7. The minimum absolute atomic E-state index is 0.0332. The molecule has 14 nitrogen and oxygen atoms in total. The van der Waals surface area contributed by atoms with Gasteiger partial charge in [0.1, 0.15) is 23.1 Å². The van der Waals surface area contributed by atoms with Crippen LogP contribution >= 0.6 is 0 Å². The van der Waals surface area contributed by atoms with Gasteiger partial charge in [0.25, 0.3) is 0 Å². The van der Waals surface area contributed by atoms with E-state index in [0.29, 0.717) is 46.6 Å². The predicted molar refractivity (Wildman–Crippen MR) is 152 cm³/mol. The molecule has 0 radical (unpaired) electrons. The van der Waals surface area contributed by atoms with Gasteiger partial charge in [0.15, 0.2) is 15.5 Å². The maximum atomic E-state index is 13.0. The summed E-state index contributed by atoms with van der Waals surface area (Å²) in [6.45, 7) is -0.563. The number of carbonyl (C=O) groups is 1. The molecule has 2 aliphatic heterocycles. The van der Waals surface area contributed by atoms with Crippen LogP contribution in [0.5, 0.6) is 5.75 Å². The van der Waals surface area contributed by atoms with Gasteiger partial charge >= 0.3 is 6.16 Å². The summed E-state index contributed by atoms with van der Waals surface area (Å²) >= 11 is 0. The third kappa shape index (κ3) is 5.41. The Morgan fingerprint density at radius 1 is 1.05 bits per heavy atom. The molecule has 226 valence electrons. The number of pyridine rings is 1. The molecule has 5 heterocycles. The number of piperidine rings is 1. The van der Waals surface area contributed by atoms with Crippen LogP contribution in [0.3, 0.4) is 0 Å². The van der Waals surface area contributed by atoms with Crippen LogP contribution < -0.4 is 10.5 Å². The number of carbonyl (C=O) groups excluding carboxylic acids is 1. The number of aromatic nitrogens is 4. The number of benzene rings is 1. The summed E-state index contributed by atoms with van der Waals surface area (Å²) in [5.41, 5.74) is 9.73. The third-order valence-corrected chi connectivity index (χ3v) is 9.22. The third-order valence-electron chi connectivity index (χ3n) is 8.06. The van der Waals surface area contributed by atoms with E-state index in [1.807, 2.05) is 6.07 Å². The molecule has 0 saturated carbocycles. The SMILES string of the molecule is CS(=O)(=O)c1c(C2CC3CCC(C2)N3C(=O)CO)nc2c(-c3ccc(-c4ccc(OC(O)(O)O)cc4)nc3)cnn2c1N. The number of aliphatic hydroxyl groups excluding tert-OH is 1. The molecular weight excluding hydrogens is 580 g/mol. The van der Waals surface area contributed by atoms with Crippen LogP contribution in [-0.2, 0) is 14.6 Å². The minimum Gasteiger partial charge on any atom is -0.417 e. The number of aliphatic hydroxyl groups is 4. The smallest absolute Gasteiger partial charge is 0.417 e. The first-order chi connectivity index (χ1) is 20.3. The van der Waals surface area contributed by atoms with E-state index in [2.05, 4.69) is 14.8 Å². The predicted octanol–water partition coefficient (Wildman–Crippen LogP) is 0.640. The Labute approximate surface area is 245 Å². The van der Waals surface area contributed by atoms with E-state index in [0.717, 1.165) is 19.1 Å². The summed E-state index contributed by atoms with van der Waals surface area (Å²) < 4.78 is 31.9. The second kappa shape index (κ2) is 10.5. The number of ether oxygens (including phenoxy) is 1. The number of nitrogen functional groups attached to an aromatic ring is 1. The largest absolute Gasteiger partial charge is 0.453 e. The monoisotopic (exact) mass is 610 g/mol. The van der Waals surface area contributed by atoms with E-state index in [4.69, 9.17) is 26.0 Å². The number of sulfone groups is 1. The Balaban J connectivity index is 1.36. The highest BCUT2D eigenvalue weighted by atomic mass is 32.2. The molecule has 2 unspecified atom stereocenters. The maximum Gasteiger partial charge on any atom is 0.453 e. The van der Waals surface area contributed by atoms with Crippen molar-refractivity contribution >= 4 is 27.2 Å². The van der Waals surface area contributed by atoms with Gasteiger partial charge in [-0.05, 0) is 56.0 Å². The first-order valence-corrected chi connectivity index (χ1v) is 15.5. The number of hydrogen-bond acceptors (Lipinski definition) is 12. The molecule has 2 bridgehead atoms. The molecule has 1 aromatic carbocycles. The molecule has 6 N–H and O–H groups in total. The molecule has 6 rings (SSSR count). The fourth-order valence-corrected chi connectivity index (χ4v) is 7.40. The lowest BCUT2D eigenvalue weighted by molar-refractivity contribution is -0.419. The van der Waals surface area contributed by atoms with Crippen molar-refractivity contribution < 1.29 is 38.4 Å². The second-order valence-corrected chi connectivity index (χ2v) is 12.9. The van der Waals surface area contributed by atoms with Crippen molar-refractivity contribution in [2.24, 2.45) is 0 Å². The number of rotatable bonds is 7. The zero-order valence-corrected chi connectivity index (χ0v) is 23.8. The summed E-state index contributed by atoms with van der Waals surface area (Å²) in [5.74, 6) is -0.594. The summed E-state index contributed by atoms with van der Waals surface area (Å²) in [4.78, 5) is 23.4. The first kappa shape index (κ1) is 28.9. The van der Waals surface area contributed by atoms with Crippen molar-refractivity contribution in [3.05, 3.63) is 54.5 Å². The Morgan fingerprint density at radius 3 is 2.26 bits per heavy atom. The number of anilines is 1. The van der Waals surface area contributed by atoms with Crippen LogP contribution in [0.15, 0.2) is 53.7 Å². The van der Waals surface area contributed by atoms with Gasteiger partial charge in [-0.25, -0.2) is 13.4 Å². The molecule has 2 aliphatic rings. The van der Waals surface area contributed by atoms with Gasteiger partial charge in [-0.15, -0.1) is 0 Å². The average molecular weight is 611 g/mol. The van der Waals surface area contributed by atoms with Gasteiger partial charge in [0.2, 0.25) is 5.91 Å². The van der Waals surface area contributed by atoms with Crippen molar-refractivity contribution in [3.63, 3.8) is 0 Å². The Bertz CT molecular complexity index is 1790.